The molecule has 0 saturated carbocycles. The fourth-order valence-corrected chi connectivity index (χ4v) is 1.98. The number of halogens is 1. The average Bonchev–Trinajstić information content (AvgIpc) is 2.33. The maximum atomic E-state index is 5.80. The summed E-state index contributed by atoms with van der Waals surface area (Å²) in [7, 11) is 0. The number of ether oxygens (including phenoxy) is 1. The van der Waals surface area contributed by atoms with Crippen molar-refractivity contribution in [2.45, 2.75) is 12.8 Å². The van der Waals surface area contributed by atoms with Gasteiger partial charge in [0.05, 0.1) is 0 Å². The lowest BCUT2D eigenvalue weighted by Gasteiger charge is -2.25. The van der Waals surface area contributed by atoms with Crippen LogP contribution in [0.1, 0.15) is 12.8 Å². The quantitative estimate of drug-likeness (QED) is 0.800. The van der Waals surface area contributed by atoms with Crippen LogP contribution < -0.4 is 4.74 Å². The average molecular weight is 239 g/mol. The minimum absolute atomic E-state index is 0.749. The number of nitrogens with zero attached hydrogens (tertiary/aromatic N) is 1. The lowest BCUT2D eigenvalue weighted by atomic mass is 10.1. The van der Waals surface area contributed by atoms with Gasteiger partial charge in [-0.1, -0.05) is 11.6 Å². The Kier molecular flexibility index (Phi) is 4.49. The highest BCUT2D eigenvalue weighted by atomic mass is 35.5. The molecule has 0 unspecified atom stereocenters. The topological polar surface area (TPSA) is 12.5 Å². The van der Waals surface area contributed by atoms with Gasteiger partial charge in [-0.15, -0.1) is 0 Å². The van der Waals surface area contributed by atoms with Gasteiger partial charge in [0.25, 0.3) is 0 Å². The predicted octanol–water partition coefficient (Wildman–Crippen LogP) is 3.02. The first-order valence-electron chi connectivity index (χ1n) is 5.77. The molecule has 0 spiro atoms. The van der Waals surface area contributed by atoms with Crippen molar-refractivity contribution in [3.8, 4) is 5.75 Å². The van der Waals surface area contributed by atoms with Gasteiger partial charge >= 0.3 is 0 Å². The third-order valence-electron chi connectivity index (χ3n) is 2.79. The number of likely N-dealkylation sites (tertiary alicyclic amines) is 1. The molecular weight excluding hydrogens is 222 g/mol. The van der Waals surface area contributed by atoms with E-state index in [-0.39, 0.29) is 0 Å². The summed E-state index contributed by atoms with van der Waals surface area (Å²) in [5, 5.41) is 0.749. The molecular formula is C13H17ClNO. The van der Waals surface area contributed by atoms with Gasteiger partial charge in [-0.25, -0.2) is 0 Å². The Balaban J connectivity index is 1.69. The fraction of sp³-hybridized carbons (Fsp3) is 0.462. The van der Waals surface area contributed by atoms with Gasteiger partial charge in [0.1, 0.15) is 12.4 Å². The Hall–Kier alpha value is -0.730. The summed E-state index contributed by atoms with van der Waals surface area (Å²) in [6.45, 7) is 4.10. The highest BCUT2D eigenvalue weighted by Gasteiger charge is 2.09. The summed E-state index contributed by atoms with van der Waals surface area (Å²) >= 11 is 5.80. The molecule has 1 heterocycles. The van der Waals surface area contributed by atoms with Crippen LogP contribution in [-0.4, -0.2) is 31.1 Å². The molecule has 1 aliphatic rings. The van der Waals surface area contributed by atoms with Crippen molar-refractivity contribution < 1.29 is 4.74 Å². The lowest BCUT2D eigenvalue weighted by Crippen LogP contribution is -2.33. The van der Waals surface area contributed by atoms with Crippen LogP contribution in [0.2, 0.25) is 5.02 Å². The zero-order valence-electron chi connectivity index (χ0n) is 9.36. The van der Waals surface area contributed by atoms with Crippen LogP contribution in [0.5, 0.6) is 5.75 Å². The molecule has 0 bridgehead atoms. The maximum absolute atomic E-state index is 5.80. The molecule has 2 nitrogen and oxygen atoms in total. The third kappa shape index (κ3) is 3.69. The zero-order valence-corrected chi connectivity index (χ0v) is 10.1. The number of hydrogen-bond donors (Lipinski definition) is 0. The van der Waals surface area contributed by atoms with Gasteiger partial charge in [-0.2, -0.15) is 0 Å². The van der Waals surface area contributed by atoms with E-state index in [9.17, 15) is 0 Å². The summed E-state index contributed by atoms with van der Waals surface area (Å²) in [5.41, 5.74) is 0. The Morgan fingerprint density at radius 3 is 2.50 bits per heavy atom. The number of hydrogen-bond acceptors (Lipinski definition) is 2. The van der Waals surface area contributed by atoms with Crippen LogP contribution >= 0.6 is 11.6 Å². The molecule has 1 fully saturated rings. The smallest absolute Gasteiger partial charge is 0.119 e. The Morgan fingerprint density at radius 1 is 1.12 bits per heavy atom. The molecule has 1 radical (unpaired) electrons. The highest BCUT2D eigenvalue weighted by molar-refractivity contribution is 6.30. The molecule has 0 atom stereocenters. The van der Waals surface area contributed by atoms with Gasteiger partial charge in [0, 0.05) is 11.6 Å². The van der Waals surface area contributed by atoms with Crippen molar-refractivity contribution in [1.82, 2.24) is 4.90 Å². The highest BCUT2D eigenvalue weighted by Crippen LogP contribution is 2.15. The van der Waals surface area contributed by atoms with Crippen molar-refractivity contribution in [3.63, 3.8) is 0 Å². The van der Waals surface area contributed by atoms with Gasteiger partial charge < -0.3 is 4.74 Å². The van der Waals surface area contributed by atoms with Crippen molar-refractivity contribution in [2.24, 2.45) is 0 Å². The molecule has 87 valence electrons. The van der Waals surface area contributed by atoms with Gasteiger partial charge in [0.2, 0.25) is 0 Å². The molecule has 0 amide bonds. The summed E-state index contributed by atoms with van der Waals surface area (Å²) in [5.74, 6) is 0.896. The molecule has 1 aromatic carbocycles. The minimum atomic E-state index is 0.749. The first-order valence-corrected chi connectivity index (χ1v) is 6.15. The molecule has 16 heavy (non-hydrogen) atoms. The van der Waals surface area contributed by atoms with Crippen LogP contribution in [0.25, 0.3) is 0 Å². The largest absolute Gasteiger partial charge is 0.492 e. The van der Waals surface area contributed by atoms with Gasteiger partial charge in [-0.3, -0.25) is 4.90 Å². The molecule has 1 aromatic rings. The van der Waals surface area contributed by atoms with E-state index in [0.717, 1.165) is 23.9 Å². The maximum Gasteiger partial charge on any atom is 0.119 e. The Labute approximate surface area is 102 Å². The molecule has 1 aliphatic heterocycles. The fourth-order valence-electron chi connectivity index (χ4n) is 1.85. The normalized spacial score (nSPS) is 17.3. The summed E-state index contributed by atoms with van der Waals surface area (Å²) < 4.78 is 5.65. The molecule has 2 rings (SSSR count). The van der Waals surface area contributed by atoms with Crippen LogP contribution in [-0.2, 0) is 0 Å². The van der Waals surface area contributed by atoms with Crippen LogP contribution in [0.15, 0.2) is 24.3 Å². The van der Waals surface area contributed by atoms with E-state index in [2.05, 4.69) is 11.3 Å². The zero-order chi connectivity index (χ0) is 11.2. The number of benzene rings is 1. The van der Waals surface area contributed by atoms with Gasteiger partial charge in [0.15, 0.2) is 0 Å². The Morgan fingerprint density at radius 2 is 1.81 bits per heavy atom. The molecule has 0 aliphatic carbocycles. The third-order valence-corrected chi connectivity index (χ3v) is 3.04. The summed E-state index contributed by atoms with van der Waals surface area (Å²) in [6.07, 6.45) is 4.78. The lowest BCUT2D eigenvalue weighted by molar-refractivity contribution is 0.198. The van der Waals surface area contributed by atoms with E-state index in [0.29, 0.717) is 0 Å². The van der Waals surface area contributed by atoms with E-state index in [4.69, 9.17) is 16.3 Å². The second-order valence-electron chi connectivity index (χ2n) is 4.01. The van der Waals surface area contributed by atoms with E-state index in [1.807, 2.05) is 24.3 Å². The number of rotatable bonds is 4. The summed E-state index contributed by atoms with van der Waals surface area (Å²) in [4.78, 5) is 2.44. The predicted molar refractivity (Wildman–Crippen MR) is 66.9 cm³/mol. The standard InChI is InChI=1S/C13H17ClNO/c14-12-4-6-13(7-5-12)16-11-10-15-8-2-1-3-9-15/h1,4-7H,2-3,8-11H2. The summed E-state index contributed by atoms with van der Waals surface area (Å²) in [6, 6.07) is 7.53. The van der Waals surface area contributed by atoms with E-state index in [1.54, 1.807) is 0 Å². The van der Waals surface area contributed by atoms with Crippen LogP contribution in [0.3, 0.4) is 0 Å². The van der Waals surface area contributed by atoms with Crippen molar-refractivity contribution in [3.05, 3.63) is 35.7 Å². The first kappa shape index (κ1) is 11.7. The van der Waals surface area contributed by atoms with E-state index in [1.165, 1.54) is 25.9 Å². The molecule has 0 N–H and O–H groups in total. The minimum Gasteiger partial charge on any atom is -0.492 e. The van der Waals surface area contributed by atoms with Crippen LogP contribution in [0, 0.1) is 6.42 Å². The second-order valence-corrected chi connectivity index (χ2v) is 4.45. The first-order chi connectivity index (χ1) is 7.84. The van der Waals surface area contributed by atoms with Crippen molar-refractivity contribution in [2.75, 3.05) is 26.2 Å². The Bertz CT molecular complexity index is 306. The van der Waals surface area contributed by atoms with Crippen LogP contribution in [0.4, 0.5) is 0 Å². The second kappa shape index (κ2) is 6.12. The van der Waals surface area contributed by atoms with E-state index < -0.39 is 0 Å². The molecule has 3 heteroatoms. The van der Waals surface area contributed by atoms with Crippen molar-refractivity contribution >= 4 is 11.6 Å². The molecule has 1 saturated heterocycles. The molecule has 0 aromatic heterocycles. The SMILES string of the molecule is Clc1ccc(OCCN2CC[CH]CC2)cc1. The number of piperidine rings is 1. The monoisotopic (exact) mass is 238 g/mol. The van der Waals surface area contributed by atoms with Gasteiger partial charge in [-0.05, 0) is 56.6 Å². The van der Waals surface area contributed by atoms with E-state index >= 15 is 0 Å². The van der Waals surface area contributed by atoms with Crippen molar-refractivity contribution in [1.29, 1.82) is 0 Å².